The maximum atomic E-state index is 11.7. The zero-order valence-electron chi connectivity index (χ0n) is 26.5. The van der Waals surface area contributed by atoms with Crippen LogP contribution in [0.1, 0.15) is 110 Å². The molecule has 2 fully saturated rings. The van der Waals surface area contributed by atoms with Crippen molar-refractivity contribution in [1.82, 2.24) is 19.9 Å². The number of aromatic nitrogens is 4. The molecule has 0 bridgehead atoms. The Kier molecular flexibility index (Phi) is 7.61. The summed E-state index contributed by atoms with van der Waals surface area (Å²) in [4.78, 5) is 38.1. The van der Waals surface area contributed by atoms with Crippen molar-refractivity contribution in [3.05, 3.63) is 71.6 Å². The number of ether oxygens (including phenoxy) is 2. The van der Waals surface area contributed by atoms with Crippen molar-refractivity contribution in [1.29, 1.82) is 0 Å². The quantitative estimate of drug-likeness (QED) is 0.197. The molecular formula is C36H42N6O4. The largest absolute Gasteiger partial charge is 0.480 e. The molecular weight excluding hydrogens is 580 g/mol. The van der Waals surface area contributed by atoms with Crippen molar-refractivity contribution < 1.29 is 19.1 Å². The van der Waals surface area contributed by atoms with E-state index in [1.165, 1.54) is 38.5 Å². The molecule has 0 aromatic carbocycles. The molecule has 10 heteroatoms. The van der Waals surface area contributed by atoms with Gasteiger partial charge in [0.15, 0.2) is 0 Å². The number of amides is 2. The predicted octanol–water partition coefficient (Wildman–Crippen LogP) is 6.73. The zero-order valence-corrected chi connectivity index (χ0v) is 26.5. The van der Waals surface area contributed by atoms with Crippen LogP contribution in [0.4, 0.5) is 0 Å². The molecule has 2 amide bonds. The highest BCUT2D eigenvalue weighted by Gasteiger charge is 2.46. The van der Waals surface area contributed by atoms with Gasteiger partial charge in [-0.1, -0.05) is 38.5 Å². The number of hydrogen-bond donors (Lipinski definition) is 4. The molecule has 0 unspecified atom stereocenters. The summed E-state index contributed by atoms with van der Waals surface area (Å²) < 4.78 is 12.9. The standard InChI is InChI=1S/2C18H21N3O2/c2*1-18(11-5-3-2-4-6-11)13-9-14(17(19)22)21-16(13)12-7-8-20-10-15(12)23-18/h2*7-11,21H,2-6H2,1H3,(H2,19,22)/t2*18-/m10/s1. The Balaban J connectivity index is 0.000000147. The highest BCUT2D eigenvalue weighted by atomic mass is 16.5. The van der Waals surface area contributed by atoms with Gasteiger partial charge < -0.3 is 30.9 Å². The number of rotatable bonds is 4. The van der Waals surface area contributed by atoms with Crippen LogP contribution in [0.3, 0.4) is 0 Å². The smallest absolute Gasteiger partial charge is 0.265 e. The van der Waals surface area contributed by atoms with E-state index in [0.29, 0.717) is 23.2 Å². The molecule has 6 heterocycles. The van der Waals surface area contributed by atoms with Gasteiger partial charge >= 0.3 is 0 Å². The number of aromatic amines is 2. The van der Waals surface area contributed by atoms with Gasteiger partial charge in [-0.25, -0.2) is 0 Å². The van der Waals surface area contributed by atoms with Gasteiger partial charge in [-0.3, -0.25) is 19.6 Å². The summed E-state index contributed by atoms with van der Waals surface area (Å²) in [6.45, 7) is 4.27. The monoisotopic (exact) mass is 622 g/mol. The molecule has 240 valence electrons. The lowest BCUT2D eigenvalue weighted by Gasteiger charge is -2.43. The molecule has 2 aliphatic carbocycles. The topological polar surface area (TPSA) is 162 Å². The minimum atomic E-state index is -0.448. The van der Waals surface area contributed by atoms with E-state index in [1.54, 1.807) is 24.8 Å². The van der Waals surface area contributed by atoms with Crippen molar-refractivity contribution in [2.45, 2.75) is 89.3 Å². The molecule has 8 rings (SSSR count). The average Bonchev–Trinajstić information content (AvgIpc) is 3.74. The van der Waals surface area contributed by atoms with Crippen molar-refractivity contribution >= 4 is 11.8 Å². The fraction of sp³-hybridized carbons (Fsp3) is 0.444. The summed E-state index contributed by atoms with van der Waals surface area (Å²) in [5.41, 5.74) is 16.8. The summed E-state index contributed by atoms with van der Waals surface area (Å²) in [7, 11) is 0. The Hall–Kier alpha value is -4.60. The number of hydrogen-bond acceptors (Lipinski definition) is 6. The van der Waals surface area contributed by atoms with Gasteiger partial charge in [-0.05, 0) is 63.8 Å². The first kappa shape index (κ1) is 30.1. The van der Waals surface area contributed by atoms with Crippen LogP contribution >= 0.6 is 0 Å². The molecule has 4 aromatic rings. The van der Waals surface area contributed by atoms with E-state index in [-0.39, 0.29) is 0 Å². The first-order chi connectivity index (χ1) is 22.2. The van der Waals surface area contributed by atoms with Crippen molar-refractivity contribution in [2.75, 3.05) is 0 Å². The van der Waals surface area contributed by atoms with Crippen LogP contribution in [-0.2, 0) is 11.2 Å². The molecule has 4 aliphatic rings. The SMILES string of the molecule is C[C@@]1(C2CCCCC2)Oc2cnccc2-c2[nH]c(C(N)=O)cc21.C[C@]1(C2CCCCC2)Oc2cnccc2-c2[nH]c(C(N)=O)cc21. The Morgan fingerprint density at radius 3 is 1.46 bits per heavy atom. The molecule has 10 nitrogen and oxygen atoms in total. The number of pyridine rings is 2. The Labute approximate surface area is 268 Å². The number of nitrogens with zero attached hydrogens (tertiary/aromatic N) is 2. The molecule has 0 saturated heterocycles. The van der Waals surface area contributed by atoms with Crippen LogP contribution in [0.15, 0.2) is 49.1 Å². The number of H-pyrrole nitrogens is 2. The lowest BCUT2D eigenvalue weighted by molar-refractivity contribution is 0.00123. The number of nitrogens with two attached hydrogens (primary N) is 2. The third-order valence-electron chi connectivity index (χ3n) is 10.8. The second kappa shape index (κ2) is 11.6. The third-order valence-corrected chi connectivity index (χ3v) is 10.8. The minimum absolute atomic E-state index is 0.430. The second-order valence-corrected chi connectivity index (χ2v) is 13.5. The molecule has 2 saturated carbocycles. The Bertz CT molecular complexity index is 1650. The first-order valence-corrected chi connectivity index (χ1v) is 16.5. The van der Waals surface area contributed by atoms with Crippen LogP contribution in [0.2, 0.25) is 0 Å². The van der Waals surface area contributed by atoms with Crippen molar-refractivity contribution in [3.8, 4) is 34.0 Å². The lowest BCUT2D eigenvalue weighted by atomic mass is 9.73. The number of primary amides is 2. The summed E-state index contributed by atoms with van der Waals surface area (Å²) in [6, 6.07) is 7.57. The number of nitrogens with one attached hydrogen (secondary N) is 2. The fourth-order valence-corrected chi connectivity index (χ4v) is 8.20. The van der Waals surface area contributed by atoms with E-state index in [9.17, 15) is 9.59 Å². The van der Waals surface area contributed by atoms with E-state index in [4.69, 9.17) is 20.9 Å². The van der Waals surface area contributed by atoms with Crippen LogP contribution in [0.25, 0.3) is 22.5 Å². The van der Waals surface area contributed by atoms with Crippen LogP contribution in [0.5, 0.6) is 11.5 Å². The average molecular weight is 623 g/mol. The van der Waals surface area contributed by atoms with Gasteiger partial charge in [0.2, 0.25) is 0 Å². The maximum absolute atomic E-state index is 11.7. The molecule has 46 heavy (non-hydrogen) atoms. The maximum Gasteiger partial charge on any atom is 0.265 e. The highest BCUT2D eigenvalue weighted by Crippen LogP contribution is 2.52. The fourth-order valence-electron chi connectivity index (χ4n) is 8.20. The molecule has 2 aliphatic heterocycles. The van der Waals surface area contributed by atoms with Crippen molar-refractivity contribution in [3.63, 3.8) is 0 Å². The zero-order chi connectivity index (χ0) is 32.1. The molecule has 2 atom stereocenters. The van der Waals surface area contributed by atoms with E-state index in [0.717, 1.165) is 70.8 Å². The van der Waals surface area contributed by atoms with Crippen molar-refractivity contribution in [2.24, 2.45) is 23.3 Å². The molecule has 6 N–H and O–H groups in total. The van der Waals surface area contributed by atoms with E-state index < -0.39 is 23.0 Å². The number of carbonyl (C=O) groups is 2. The first-order valence-electron chi connectivity index (χ1n) is 16.5. The van der Waals surface area contributed by atoms with Gasteiger partial charge in [0.25, 0.3) is 11.8 Å². The summed E-state index contributed by atoms with van der Waals surface area (Å²) in [5.74, 6) is 1.51. The van der Waals surface area contributed by atoms with Crippen LogP contribution in [0, 0.1) is 11.8 Å². The summed E-state index contributed by atoms with van der Waals surface area (Å²) >= 11 is 0. The van der Waals surface area contributed by atoms with Crippen LogP contribution in [-0.4, -0.2) is 31.8 Å². The highest BCUT2D eigenvalue weighted by molar-refractivity contribution is 5.94. The molecule has 0 radical (unpaired) electrons. The van der Waals surface area contributed by atoms with Crippen LogP contribution < -0.4 is 20.9 Å². The third kappa shape index (κ3) is 5.04. The number of fused-ring (bicyclic) bond motifs is 6. The second-order valence-electron chi connectivity index (χ2n) is 13.5. The van der Waals surface area contributed by atoms with E-state index in [1.807, 2.05) is 24.3 Å². The normalized spacial score (nSPS) is 23.7. The minimum Gasteiger partial charge on any atom is -0.480 e. The molecule has 0 spiro atoms. The van der Waals surface area contributed by atoms with E-state index >= 15 is 0 Å². The predicted molar refractivity (Wildman–Crippen MR) is 174 cm³/mol. The van der Waals surface area contributed by atoms with E-state index in [2.05, 4.69) is 33.8 Å². The van der Waals surface area contributed by atoms with Gasteiger partial charge in [0, 0.05) is 46.5 Å². The van der Waals surface area contributed by atoms with Gasteiger partial charge in [-0.2, -0.15) is 0 Å². The molecule has 4 aromatic heterocycles. The summed E-state index contributed by atoms with van der Waals surface area (Å²) in [5, 5.41) is 0. The number of carbonyl (C=O) groups excluding carboxylic acids is 2. The summed E-state index contributed by atoms with van der Waals surface area (Å²) in [6.07, 6.45) is 19.0. The van der Waals surface area contributed by atoms with Gasteiger partial charge in [-0.15, -0.1) is 0 Å². The lowest BCUT2D eigenvalue weighted by Crippen LogP contribution is -2.41. The Morgan fingerprint density at radius 2 is 1.09 bits per heavy atom. The Morgan fingerprint density at radius 1 is 0.696 bits per heavy atom. The van der Waals surface area contributed by atoms with Gasteiger partial charge in [0.05, 0.1) is 23.8 Å². The van der Waals surface area contributed by atoms with Gasteiger partial charge in [0.1, 0.15) is 34.1 Å².